The minimum absolute atomic E-state index is 0.618. The van der Waals surface area contributed by atoms with Crippen molar-refractivity contribution in [1.29, 1.82) is 0 Å². The van der Waals surface area contributed by atoms with Gasteiger partial charge in [-0.2, -0.15) is 0 Å². The molecule has 2 aromatic rings. The van der Waals surface area contributed by atoms with Gasteiger partial charge in [0.15, 0.2) is 0 Å². The van der Waals surface area contributed by atoms with E-state index in [1.54, 1.807) is 12.4 Å². The first kappa shape index (κ1) is 11.9. The van der Waals surface area contributed by atoms with E-state index in [4.69, 9.17) is 5.73 Å². The van der Waals surface area contributed by atoms with E-state index in [0.717, 1.165) is 21.5 Å². The van der Waals surface area contributed by atoms with Gasteiger partial charge in [0.1, 0.15) is 0 Å². The maximum Gasteiger partial charge on any atom is 0.0753 e. The van der Waals surface area contributed by atoms with Crippen LogP contribution < -0.4 is 11.1 Å². The van der Waals surface area contributed by atoms with Gasteiger partial charge >= 0.3 is 0 Å². The molecular weight excluding hydrogens is 280 g/mol. The number of pyridine rings is 2. The average Bonchev–Trinajstić information content (AvgIpc) is 2.28. The maximum absolute atomic E-state index is 5.84. The van der Waals surface area contributed by atoms with Crippen LogP contribution in [0.4, 0.5) is 11.4 Å². The highest BCUT2D eigenvalue weighted by Gasteiger charge is 2.04. The second-order valence-electron chi connectivity index (χ2n) is 3.71. The van der Waals surface area contributed by atoms with Crippen molar-refractivity contribution in [3.05, 3.63) is 46.5 Å². The van der Waals surface area contributed by atoms with Crippen LogP contribution in [-0.4, -0.2) is 9.97 Å². The molecule has 0 aliphatic heterocycles. The standard InChI is InChI=1S/C12H13BrN4/c1-8-3-2-4-9(17-8)5-16-12-10(13)6-15-7-11(12)14/h2-4,6-7H,5,14H2,1H3,(H,15,16). The molecular formula is C12H13BrN4. The molecule has 2 heterocycles. The Hall–Kier alpha value is -1.62. The van der Waals surface area contributed by atoms with Gasteiger partial charge in [0.2, 0.25) is 0 Å². The largest absolute Gasteiger partial charge is 0.396 e. The molecule has 0 saturated heterocycles. The van der Waals surface area contributed by atoms with Crippen molar-refractivity contribution in [3.8, 4) is 0 Å². The van der Waals surface area contributed by atoms with Crippen LogP contribution >= 0.6 is 15.9 Å². The minimum Gasteiger partial charge on any atom is -0.396 e. The zero-order valence-electron chi connectivity index (χ0n) is 9.44. The van der Waals surface area contributed by atoms with Gasteiger partial charge in [0.05, 0.1) is 34.3 Å². The number of hydrogen-bond donors (Lipinski definition) is 2. The molecule has 4 nitrogen and oxygen atoms in total. The summed E-state index contributed by atoms with van der Waals surface area (Å²) in [5.74, 6) is 0. The summed E-state index contributed by atoms with van der Waals surface area (Å²) in [4.78, 5) is 8.40. The summed E-state index contributed by atoms with van der Waals surface area (Å²) in [5, 5.41) is 3.25. The zero-order valence-corrected chi connectivity index (χ0v) is 11.0. The molecule has 17 heavy (non-hydrogen) atoms. The second-order valence-corrected chi connectivity index (χ2v) is 4.56. The van der Waals surface area contributed by atoms with Gasteiger partial charge in [0.25, 0.3) is 0 Å². The van der Waals surface area contributed by atoms with Crippen LogP contribution in [0.2, 0.25) is 0 Å². The van der Waals surface area contributed by atoms with Crippen molar-refractivity contribution in [3.63, 3.8) is 0 Å². The van der Waals surface area contributed by atoms with Crippen LogP contribution in [0.3, 0.4) is 0 Å². The number of rotatable bonds is 3. The van der Waals surface area contributed by atoms with Crippen molar-refractivity contribution in [2.24, 2.45) is 0 Å². The highest BCUT2D eigenvalue weighted by molar-refractivity contribution is 9.10. The first-order chi connectivity index (χ1) is 8.16. The molecule has 0 fully saturated rings. The first-order valence-electron chi connectivity index (χ1n) is 5.22. The quantitative estimate of drug-likeness (QED) is 0.913. The number of anilines is 2. The van der Waals surface area contributed by atoms with E-state index < -0.39 is 0 Å². The van der Waals surface area contributed by atoms with E-state index in [1.165, 1.54) is 0 Å². The number of hydrogen-bond acceptors (Lipinski definition) is 4. The van der Waals surface area contributed by atoms with Gasteiger partial charge in [-0.05, 0) is 35.0 Å². The maximum atomic E-state index is 5.84. The minimum atomic E-state index is 0.618. The van der Waals surface area contributed by atoms with Gasteiger partial charge in [-0.15, -0.1) is 0 Å². The Morgan fingerprint density at radius 1 is 1.35 bits per heavy atom. The van der Waals surface area contributed by atoms with Crippen LogP contribution in [0.5, 0.6) is 0 Å². The Morgan fingerprint density at radius 3 is 2.88 bits per heavy atom. The van der Waals surface area contributed by atoms with Crippen molar-refractivity contribution < 1.29 is 0 Å². The van der Waals surface area contributed by atoms with E-state index in [1.807, 2.05) is 25.1 Å². The molecule has 0 bridgehead atoms. The number of aryl methyl sites for hydroxylation is 1. The lowest BCUT2D eigenvalue weighted by molar-refractivity contribution is 1.01. The Bertz CT molecular complexity index is 507. The number of aromatic nitrogens is 2. The lowest BCUT2D eigenvalue weighted by Crippen LogP contribution is -2.05. The van der Waals surface area contributed by atoms with Crippen LogP contribution in [0.1, 0.15) is 11.4 Å². The second kappa shape index (κ2) is 5.14. The molecule has 5 heteroatoms. The fraction of sp³-hybridized carbons (Fsp3) is 0.167. The average molecular weight is 293 g/mol. The number of nitrogens with one attached hydrogen (secondary N) is 1. The third-order valence-electron chi connectivity index (χ3n) is 2.32. The van der Waals surface area contributed by atoms with Gasteiger partial charge in [-0.25, -0.2) is 0 Å². The lowest BCUT2D eigenvalue weighted by Gasteiger charge is -2.10. The summed E-state index contributed by atoms with van der Waals surface area (Å²) in [7, 11) is 0. The third kappa shape index (κ3) is 2.94. The van der Waals surface area contributed by atoms with Gasteiger partial charge in [0, 0.05) is 11.9 Å². The lowest BCUT2D eigenvalue weighted by atomic mass is 10.3. The topological polar surface area (TPSA) is 63.8 Å². The number of nitrogens with zero attached hydrogens (tertiary/aromatic N) is 2. The van der Waals surface area contributed by atoms with Crippen molar-refractivity contribution >= 4 is 27.3 Å². The predicted molar refractivity (Wildman–Crippen MR) is 72.7 cm³/mol. The number of nitrogen functional groups attached to an aromatic ring is 1. The van der Waals surface area contributed by atoms with Crippen molar-refractivity contribution in [2.75, 3.05) is 11.1 Å². The Balaban J connectivity index is 2.13. The zero-order chi connectivity index (χ0) is 12.3. The Morgan fingerprint density at radius 2 is 2.18 bits per heavy atom. The highest BCUT2D eigenvalue weighted by atomic mass is 79.9. The summed E-state index contributed by atoms with van der Waals surface area (Å²) in [6, 6.07) is 5.94. The van der Waals surface area contributed by atoms with Crippen LogP contribution in [0, 0.1) is 6.92 Å². The van der Waals surface area contributed by atoms with Gasteiger partial charge in [-0.1, -0.05) is 6.07 Å². The molecule has 0 saturated carbocycles. The summed E-state index contributed by atoms with van der Waals surface area (Å²) in [5.41, 5.74) is 9.29. The fourth-order valence-corrected chi connectivity index (χ4v) is 2.00. The first-order valence-corrected chi connectivity index (χ1v) is 6.01. The summed E-state index contributed by atoms with van der Waals surface area (Å²) in [6.45, 7) is 2.61. The van der Waals surface area contributed by atoms with E-state index in [0.29, 0.717) is 12.2 Å². The molecule has 0 unspecified atom stereocenters. The predicted octanol–water partition coefficient (Wildman–Crippen LogP) is 2.74. The summed E-state index contributed by atoms with van der Waals surface area (Å²) in [6.07, 6.45) is 3.33. The van der Waals surface area contributed by atoms with Gasteiger partial charge in [-0.3, -0.25) is 9.97 Å². The molecule has 2 rings (SSSR count). The highest BCUT2D eigenvalue weighted by Crippen LogP contribution is 2.27. The molecule has 88 valence electrons. The number of nitrogens with two attached hydrogens (primary N) is 1. The Labute approximate surface area is 108 Å². The van der Waals surface area contributed by atoms with Gasteiger partial charge < -0.3 is 11.1 Å². The van der Waals surface area contributed by atoms with E-state index in [-0.39, 0.29) is 0 Å². The smallest absolute Gasteiger partial charge is 0.0753 e. The third-order valence-corrected chi connectivity index (χ3v) is 2.92. The van der Waals surface area contributed by atoms with Crippen LogP contribution in [-0.2, 0) is 6.54 Å². The molecule has 0 amide bonds. The molecule has 0 aromatic carbocycles. The van der Waals surface area contributed by atoms with Crippen LogP contribution in [0.15, 0.2) is 35.1 Å². The molecule has 0 radical (unpaired) electrons. The summed E-state index contributed by atoms with van der Waals surface area (Å²) < 4.78 is 0.852. The van der Waals surface area contributed by atoms with E-state index in [9.17, 15) is 0 Å². The molecule has 0 spiro atoms. The van der Waals surface area contributed by atoms with Crippen LogP contribution in [0.25, 0.3) is 0 Å². The molecule has 0 aliphatic carbocycles. The molecule has 3 N–H and O–H groups in total. The molecule has 2 aromatic heterocycles. The summed E-state index contributed by atoms with van der Waals surface area (Å²) >= 11 is 3.41. The van der Waals surface area contributed by atoms with E-state index >= 15 is 0 Å². The molecule has 0 atom stereocenters. The van der Waals surface area contributed by atoms with E-state index in [2.05, 4.69) is 31.2 Å². The fourth-order valence-electron chi connectivity index (χ4n) is 1.51. The molecule has 0 aliphatic rings. The van der Waals surface area contributed by atoms with Crippen molar-refractivity contribution in [1.82, 2.24) is 9.97 Å². The SMILES string of the molecule is Cc1cccc(CNc2c(N)cncc2Br)n1. The monoisotopic (exact) mass is 292 g/mol. The van der Waals surface area contributed by atoms with Crippen molar-refractivity contribution in [2.45, 2.75) is 13.5 Å². The number of halogens is 1. The Kier molecular flexibility index (Phi) is 3.58. The normalized spacial score (nSPS) is 10.2.